The summed E-state index contributed by atoms with van der Waals surface area (Å²) < 4.78 is 5.41. The Morgan fingerprint density at radius 3 is 2.28 bits per heavy atom. The van der Waals surface area contributed by atoms with E-state index in [1.807, 2.05) is 6.92 Å². The van der Waals surface area contributed by atoms with Gasteiger partial charge in [-0.15, -0.1) is 12.4 Å². The Balaban J connectivity index is 0.00000312. The highest BCUT2D eigenvalue weighted by Gasteiger charge is 2.43. The third kappa shape index (κ3) is 5.72. The summed E-state index contributed by atoms with van der Waals surface area (Å²) >= 11 is 0. The zero-order valence-corrected chi connectivity index (χ0v) is 16.2. The van der Waals surface area contributed by atoms with Gasteiger partial charge >= 0.3 is 6.03 Å². The van der Waals surface area contributed by atoms with E-state index in [-0.39, 0.29) is 29.8 Å². The van der Waals surface area contributed by atoms with Crippen LogP contribution in [0.3, 0.4) is 0 Å². The lowest BCUT2D eigenvalue weighted by Gasteiger charge is -2.38. The molecule has 2 rings (SSSR count). The van der Waals surface area contributed by atoms with Crippen molar-refractivity contribution >= 4 is 24.3 Å². The molecule has 0 aromatic carbocycles. The molecular weight excluding hydrogens is 344 g/mol. The summed E-state index contributed by atoms with van der Waals surface area (Å²) in [5.74, 6) is -0.0553. The van der Waals surface area contributed by atoms with Crippen LogP contribution in [-0.2, 0) is 9.53 Å². The Bertz CT molecular complexity index is 430. The first-order valence-corrected chi connectivity index (χ1v) is 9.10. The highest BCUT2D eigenvalue weighted by atomic mass is 35.5. The van der Waals surface area contributed by atoms with Crippen LogP contribution in [0.5, 0.6) is 0 Å². The van der Waals surface area contributed by atoms with E-state index in [9.17, 15) is 9.59 Å². The van der Waals surface area contributed by atoms with Gasteiger partial charge in [-0.25, -0.2) is 4.79 Å². The fourth-order valence-corrected chi connectivity index (χ4v) is 3.88. The Kier molecular flexibility index (Phi) is 8.96. The summed E-state index contributed by atoms with van der Waals surface area (Å²) in [6.45, 7) is 5.55. The number of nitrogens with one attached hydrogen (secondary N) is 4. The number of hydrogen-bond acceptors (Lipinski definition) is 4. The first kappa shape index (κ1) is 22.0. The van der Waals surface area contributed by atoms with Gasteiger partial charge in [0.2, 0.25) is 5.91 Å². The van der Waals surface area contributed by atoms with Gasteiger partial charge in [-0.05, 0) is 45.7 Å². The molecule has 0 aromatic heterocycles. The van der Waals surface area contributed by atoms with Crippen molar-refractivity contribution in [1.29, 1.82) is 0 Å². The molecule has 0 unspecified atom stereocenters. The monoisotopic (exact) mass is 376 g/mol. The van der Waals surface area contributed by atoms with Crippen LogP contribution in [0.4, 0.5) is 4.79 Å². The minimum absolute atomic E-state index is 0. The predicted octanol–water partition coefficient (Wildman–Crippen LogP) is 1.17. The summed E-state index contributed by atoms with van der Waals surface area (Å²) in [5.41, 5.74) is -0.776. The van der Waals surface area contributed by atoms with Crippen LogP contribution in [0.2, 0.25) is 0 Å². The second-order valence-electron chi connectivity index (χ2n) is 7.14. The third-order valence-corrected chi connectivity index (χ3v) is 5.32. The van der Waals surface area contributed by atoms with E-state index in [2.05, 4.69) is 21.3 Å². The van der Waals surface area contributed by atoms with Crippen molar-refractivity contribution in [3.8, 4) is 0 Å². The molecular formula is C17H33ClN4O3. The molecule has 1 saturated heterocycles. The lowest BCUT2D eigenvalue weighted by molar-refractivity contribution is -0.128. The minimum Gasteiger partial charge on any atom is -0.384 e. The van der Waals surface area contributed by atoms with Gasteiger partial charge in [-0.2, -0.15) is 0 Å². The molecule has 2 aliphatic rings. The quantitative estimate of drug-likeness (QED) is 0.537. The molecule has 0 aromatic rings. The van der Waals surface area contributed by atoms with Crippen molar-refractivity contribution in [2.75, 3.05) is 39.9 Å². The van der Waals surface area contributed by atoms with Gasteiger partial charge in [-0.3, -0.25) is 4.79 Å². The van der Waals surface area contributed by atoms with Crippen LogP contribution in [0.15, 0.2) is 0 Å². The molecule has 1 aliphatic heterocycles. The summed E-state index contributed by atoms with van der Waals surface area (Å²) in [7, 11) is 1.71. The van der Waals surface area contributed by atoms with Crippen LogP contribution in [0, 0.1) is 5.41 Å². The molecule has 7 nitrogen and oxygen atoms in total. The van der Waals surface area contributed by atoms with Crippen molar-refractivity contribution in [2.45, 2.75) is 51.0 Å². The Hall–Kier alpha value is -1.05. The molecule has 8 heteroatoms. The number of carbonyl (C=O) groups excluding carboxylic acids is 2. The molecule has 146 valence electrons. The van der Waals surface area contributed by atoms with Crippen LogP contribution in [0.25, 0.3) is 0 Å². The second kappa shape index (κ2) is 10.2. The van der Waals surface area contributed by atoms with Gasteiger partial charge in [0.1, 0.15) is 5.54 Å². The maximum atomic E-state index is 12.9. The van der Waals surface area contributed by atoms with E-state index in [4.69, 9.17) is 4.74 Å². The predicted molar refractivity (Wildman–Crippen MR) is 100 cm³/mol. The first-order valence-electron chi connectivity index (χ1n) is 9.10. The molecule has 4 N–H and O–H groups in total. The summed E-state index contributed by atoms with van der Waals surface area (Å²) in [6.07, 6.45) is 5.30. The van der Waals surface area contributed by atoms with E-state index in [1.54, 1.807) is 7.11 Å². The van der Waals surface area contributed by atoms with Gasteiger partial charge in [-0.1, -0.05) is 12.8 Å². The van der Waals surface area contributed by atoms with Gasteiger partial charge in [0.15, 0.2) is 0 Å². The summed E-state index contributed by atoms with van der Waals surface area (Å²) in [5, 5.41) is 12.1. The number of hydrogen-bond donors (Lipinski definition) is 4. The zero-order chi connectivity index (χ0) is 17.5. The third-order valence-electron chi connectivity index (χ3n) is 5.32. The number of methoxy groups -OCH3 is 1. The Morgan fingerprint density at radius 2 is 1.72 bits per heavy atom. The van der Waals surface area contributed by atoms with E-state index in [0.717, 1.165) is 38.8 Å². The van der Waals surface area contributed by atoms with E-state index < -0.39 is 5.54 Å². The van der Waals surface area contributed by atoms with Crippen molar-refractivity contribution < 1.29 is 14.3 Å². The maximum Gasteiger partial charge on any atom is 0.315 e. The number of ether oxygens (including phenoxy) is 1. The number of urea groups is 1. The van der Waals surface area contributed by atoms with Gasteiger partial charge in [0.25, 0.3) is 0 Å². The molecule has 0 spiro atoms. The fraction of sp³-hybridized carbons (Fsp3) is 0.882. The molecule has 0 bridgehead atoms. The molecule has 0 radical (unpaired) electrons. The van der Waals surface area contributed by atoms with Crippen molar-refractivity contribution in [1.82, 2.24) is 21.3 Å². The molecule has 25 heavy (non-hydrogen) atoms. The summed E-state index contributed by atoms with van der Waals surface area (Å²) in [4.78, 5) is 24.8. The van der Waals surface area contributed by atoms with Gasteiger partial charge in [0.05, 0.1) is 6.61 Å². The number of rotatable bonds is 7. The van der Waals surface area contributed by atoms with Gasteiger partial charge in [0, 0.05) is 25.6 Å². The maximum absolute atomic E-state index is 12.9. The van der Waals surface area contributed by atoms with Crippen molar-refractivity contribution in [2.24, 2.45) is 5.41 Å². The molecule has 3 amide bonds. The summed E-state index contributed by atoms with van der Waals surface area (Å²) in [6, 6.07) is -0.261. The van der Waals surface area contributed by atoms with Crippen LogP contribution >= 0.6 is 12.4 Å². The fourth-order valence-electron chi connectivity index (χ4n) is 3.88. The minimum atomic E-state index is -0.763. The molecule has 1 aliphatic carbocycles. The van der Waals surface area contributed by atoms with E-state index in [0.29, 0.717) is 32.5 Å². The smallest absolute Gasteiger partial charge is 0.315 e. The van der Waals surface area contributed by atoms with Gasteiger partial charge < -0.3 is 26.0 Å². The first-order chi connectivity index (χ1) is 11.6. The highest BCUT2D eigenvalue weighted by molar-refractivity contribution is 5.91. The molecule has 1 saturated carbocycles. The van der Waals surface area contributed by atoms with Crippen LogP contribution in [0.1, 0.15) is 45.4 Å². The van der Waals surface area contributed by atoms with Crippen LogP contribution < -0.4 is 21.3 Å². The average molecular weight is 377 g/mol. The Labute approximate surface area is 156 Å². The SMILES string of the molecule is CCNC(=O)NC1(C(=O)NCC2(COC)CCNCC2)CCCC1.Cl. The number of halogens is 1. The number of piperidine rings is 1. The normalized spacial score (nSPS) is 21.0. The van der Waals surface area contributed by atoms with Crippen molar-refractivity contribution in [3.05, 3.63) is 0 Å². The second-order valence-corrected chi connectivity index (χ2v) is 7.14. The molecule has 2 fully saturated rings. The Morgan fingerprint density at radius 1 is 1.08 bits per heavy atom. The zero-order valence-electron chi connectivity index (χ0n) is 15.4. The average Bonchev–Trinajstić information content (AvgIpc) is 3.04. The molecule has 0 atom stereocenters. The number of amides is 3. The standard InChI is InChI=1S/C17H32N4O3.ClH/c1-3-19-15(23)21-17(6-4-5-7-17)14(22)20-12-16(13-24-2)8-10-18-11-9-16;/h18H,3-13H2,1-2H3,(H,20,22)(H2,19,21,23);1H. The highest BCUT2D eigenvalue weighted by Crippen LogP contribution is 2.32. The van der Waals surface area contributed by atoms with E-state index >= 15 is 0 Å². The molecule has 1 heterocycles. The lowest BCUT2D eigenvalue weighted by atomic mass is 9.79. The van der Waals surface area contributed by atoms with E-state index in [1.165, 1.54) is 0 Å². The number of carbonyl (C=O) groups is 2. The topological polar surface area (TPSA) is 91.5 Å². The largest absolute Gasteiger partial charge is 0.384 e. The van der Waals surface area contributed by atoms with Crippen LogP contribution in [-0.4, -0.2) is 57.4 Å². The lowest BCUT2D eigenvalue weighted by Crippen LogP contribution is -2.60. The van der Waals surface area contributed by atoms with Crippen molar-refractivity contribution in [3.63, 3.8) is 0 Å².